The number of hydrogen-bond donors (Lipinski definition) is 2. The van der Waals surface area contributed by atoms with E-state index in [4.69, 9.17) is 11.6 Å². The second-order valence-electron chi connectivity index (χ2n) is 5.54. The molecule has 0 spiro atoms. The smallest absolute Gasteiger partial charge is 0.407 e. The minimum absolute atomic E-state index is 0.0931. The highest BCUT2D eigenvalue weighted by Crippen LogP contribution is 2.16. The molecule has 9 nitrogen and oxygen atoms in total. The van der Waals surface area contributed by atoms with E-state index in [-0.39, 0.29) is 30.7 Å². The first-order valence-electron chi connectivity index (χ1n) is 7.53. The van der Waals surface area contributed by atoms with Crippen LogP contribution in [0.5, 0.6) is 0 Å². The van der Waals surface area contributed by atoms with Gasteiger partial charge in [-0.1, -0.05) is 12.1 Å². The van der Waals surface area contributed by atoms with Crippen molar-refractivity contribution in [3.63, 3.8) is 0 Å². The highest BCUT2D eigenvalue weighted by molar-refractivity contribution is 6.28. The largest absolute Gasteiger partial charge is 0.465 e. The molecule has 0 aliphatic heterocycles. The van der Waals surface area contributed by atoms with Crippen molar-refractivity contribution in [2.75, 3.05) is 13.1 Å². The van der Waals surface area contributed by atoms with Crippen LogP contribution in [0.4, 0.5) is 15.0 Å². The minimum atomic E-state index is -1.23. The summed E-state index contributed by atoms with van der Waals surface area (Å²) in [5.41, 5.74) is 0.750. The quantitative estimate of drug-likeness (QED) is 0.529. The van der Waals surface area contributed by atoms with E-state index in [1.165, 1.54) is 16.7 Å². The molecule has 0 bridgehead atoms. The van der Waals surface area contributed by atoms with Gasteiger partial charge in [0.25, 0.3) is 0 Å². The normalized spacial score (nSPS) is 12.0. The van der Waals surface area contributed by atoms with Gasteiger partial charge in [-0.15, -0.1) is 0 Å². The van der Waals surface area contributed by atoms with Crippen LogP contribution in [0.3, 0.4) is 0 Å². The molecular weight excluding hydrogens is 371 g/mol. The predicted octanol–water partition coefficient (Wildman–Crippen LogP) is 2.17. The lowest BCUT2D eigenvalue weighted by molar-refractivity contribution is -0.389. The molecule has 1 aromatic carbocycles. The molecular formula is C15H16ClFN4O5. The van der Waals surface area contributed by atoms with E-state index < -0.39 is 22.9 Å². The average molecular weight is 387 g/mol. The van der Waals surface area contributed by atoms with Crippen LogP contribution in [-0.4, -0.2) is 54.9 Å². The van der Waals surface area contributed by atoms with Crippen LogP contribution in [0.1, 0.15) is 5.56 Å². The molecule has 2 N–H and O–H groups in total. The number of imidazole rings is 1. The molecule has 0 radical (unpaired) electrons. The Labute approximate surface area is 152 Å². The first-order valence-corrected chi connectivity index (χ1v) is 7.91. The fourth-order valence-corrected chi connectivity index (χ4v) is 2.52. The first-order chi connectivity index (χ1) is 12.3. The Bertz CT molecular complexity index is 783. The molecule has 2 rings (SSSR count). The summed E-state index contributed by atoms with van der Waals surface area (Å²) in [7, 11) is 0. The number of nitro groups is 1. The van der Waals surface area contributed by atoms with Crippen LogP contribution in [0.25, 0.3) is 0 Å². The van der Waals surface area contributed by atoms with Gasteiger partial charge in [0.15, 0.2) is 0 Å². The molecule has 0 fully saturated rings. The average Bonchev–Trinajstić information content (AvgIpc) is 2.93. The topological polar surface area (TPSA) is 122 Å². The zero-order chi connectivity index (χ0) is 19.3. The highest BCUT2D eigenvalue weighted by atomic mass is 35.5. The molecule has 140 valence electrons. The van der Waals surface area contributed by atoms with E-state index in [9.17, 15) is 29.5 Å². The molecule has 0 saturated carbocycles. The van der Waals surface area contributed by atoms with E-state index in [0.29, 0.717) is 6.42 Å². The van der Waals surface area contributed by atoms with E-state index in [2.05, 4.69) is 4.98 Å². The number of aliphatic hydroxyl groups excluding tert-OH is 1. The third kappa shape index (κ3) is 5.39. The van der Waals surface area contributed by atoms with Gasteiger partial charge in [0, 0.05) is 6.54 Å². The van der Waals surface area contributed by atoms with Crippen LogP contribution in [0.15, 0.2) is 30.5 Å². The van der Waals surface area contributed by atoms with Crippen molar-refractivity contribution < 1.29 is 24.3 Å². The summed E-state index contributed by atoms with van der Waals surface area (Å²) in [5.74, 6) is -0.848. The van der Waals surface area contributed by atoms with Gasteiger partial charge < -0.3 is 25.2 Å². The Balaban J connectivity index is 1.94. The van der Waals surface area contributed by atoms with Gasteiger partial charge in [0.05, 0.1) is 19.2 Å². The number of carbonyl (C=O) groups is 1. The summed E-state index contributed by atoms with van der Waals surface area (Å²) in [5, 5.41) is 29.8. The van der Waals surface area contributed by atoms with E-state index in [1.54, 1.807) is 12.1 Å². The first kappa shape index (κ1) is 19.6. The fourth-order valence-electron chi connectivity index (χ4n) is 2.32. The Morgan fingerprint density at radius 2 is 2.08 bits per heavy atom. The lowest BCUT2D eigenvalue weighted by Gasteiger charge is -2.22. The Morgan fingerprint density at radius 1 is 1.42 bits per heavy atom. The van der Waals surface area contributed by atoms with Gasteiger partial charge >= 0.3 is 17.2 Å². The lowest BCUT2D eigenvalue weighted by Crippen LogP contribution is -2.39. The van der Waals surface area contributed by atoms with Crippen molar-refractivity contribution in [2.45, 2.75) is 19.1 Å². The Morgan fingerprint density at radius 3 is 2.62 bits per heavy atom. The molecule has 1 unspecified atom stereocenters. The molecule has 1 heterocycles. The van der Waals surface area contributed by atoms with Crippen molar-refractivity contribution in [3.05, 3.63) is 57.2 Å². The number of benzene rings is 1. The van der Waals surface area contributed by atoms with E-state index in [1.807, 2.05) is 0 Å². The van der Waals surface area contributed by atoms with Crippen LogP contribution in [-0.2, 0) is 13.0 Å². The lowest BCUT2D eigenvalue weighted by atomic mass is 10.1. The second-order valence-corrected chi connectivity index (χ2v) is 5.87. The molecule has 11 heteroatoms. The summed E-state index contributed by atoms with van der Waals surface area (Å²) in [6, 6.07) is 5.67. The Hall–Kier alpha value is -2.72. The van der Waals surface area contributed by atoms with Crippen LogP contribution < -0.4 is 0 Å². The predicted molar refractivity (Wildman–Crippen MR) is 89.6 cm³/mol. The van der Waals surface area contributed by atoms with Gasteiger partial charge in [0.2, 0.25) is 0 Å². The maximum absolute atomic E-state index is 12.9. The number of aromatic nitrogens is 2. The van der Waals surface area contributed by atoms with Crippen molar-refractivity contribution in [3.8, 4) is 0 Å². The number of amides is 1. The molecule has 1 amide bonds. The third-order valence-corrected chi connectivity index (χ3v) is 3.90. The van der Waals surface area contributed by atoms with Gasteiger partial charge in [-0.3, -0.25) is 4.57 Å². The number of hydrogen-bond acceptors (Lipinski definition) is 5. The minimum Gasteiger partial charge on any atom is -0.465 e. The number of rotatable bonds is 8. The monoisotopic (exact) mass is 386 g/mol. The fraction of sp³-hybridized carbons (Fsp3) is 0.333. The van der Waals surface area contributed by atoms with Gasteiger partial charge in [-0.05, 0) is 45.6 Å². The zero-order valence-electron chi connectivity index (χ0n) is 13.5. The molecule has 26 heavy (non-hydrogen) atoms. The van der Waals surface area contributed by atoms with E-state index in [0.717, 1.165) is 16.7 Å². The molecule has 2 aromatic rings. The van der Waals surface area contributed by atoms with Gasteiger partial charge in [-0.2, -0.15) is 0 Å². The molecule has 0 aliphatic carbocycles. The van der Waals surface area contributed by atoms with Gasteiger partial charge in [-0.25, -0.2) is 9.18 Å². The van der Waals surface area contributed by atoms with Crippen molar-refractivity contribution in [1.29, 1.82) is 0 Å². The number of halogens is 2. The standard InChI is InChI=1S/C15H16ClFN4O5/c16-14-18-13(21(25)26)9-20(14)8-12(22)7-19(15(23)24)6-5-10-1-3-11(17)4-2-10/h1-4,9,12,22H,5-8H2,(H,23,24). The number of nitrogens with zero attached hydrogens (tertiary/aromatic N) is 4. The maximum Gasteiger partial charge on any atom is 0.407 e. The van der Waals surface area contributed by atoms with Crippen LogP contribution >= 0.6 is 11.6 Å². The molecule has 0 saturated heterocycles. The maximum atomic E-state index is 12.9. The summed E-state index contributed by atoms with van der Waals surface area (Å²) in [6.07, 6.45) is -0.967. The van der Waals surface area contributed by atoms with E-state index >= 15 is 0 Å². The summed E-state index contributed by atoms with van der Waals surface area (Å²) in [4.78, 5) is 25.8. The van der Waals surface area contributed by atoms with Crippen molar-refractivity contribution in [2.24, 2.45) is 0 Å². The SMILES string of the molecule is O=C(O)N(CCc1ccc(F)cc1)CC(O)Cn1cc([N+](=O)[O-])nc1Cl. The number of carboxylic acid groups (broad SMARTS) is 1. The molecule has 1 aromatic heterocycles. The summed E-state index contributed by atoms with van der Waals surface area (Å²) < 4.78 is 14.1. The summed E-state index contributed by atoms with van der Waals surface area (Å²) >= 11 is 5.76. The number of aliphatic hydroxyl groups is 1. The third-order valence-electron chi connectivity index (χ3n) is 3.59. The second kappa shape index (κ2) is 8.59. The molecule has 1 atom stereocenters. The van der Waals surface area contributed by atoms with Crippen LogP contribution in [0.2, 0.25) is 5.28 Å². The molecule has 0 aliphatic rings. The summed E-state index contributed by atoms with van der Waals surface area (Å²) in [6.45, 7) is -0.283. The zero-order valence-corrected chi connectivity index (χ0v) is 14.2. The van der Waals surface area contributed by atoms with Crippen molar-refractivity contribution >= 4 is 23.5 Å². The van der Waals surface area contributed by atoms with Gasteiger partial charge in [0.1, 0.15) is 12.0 Å². The van der Waals surface area contributed by atoms with Crippen LogP contribution in [0, 0.1) is 15.9 Å². The van der Waals surface area contributed by atoms with Crippen molar-refractivity contribution in [1.82, 2.24) is 14.5 Å². The Kier molecular flexibility index (Phi) is 6.47. The highest BCUT2D eigenvalue weighted by Gasteiger charge is 2.21.